The lowest BCUT2D eigenvalue weighted by atomic mass is 10.2. The van der Waals surface area contributed by atoms with Crippen molar-refractivity contribution < 1.29 is 13.6 Å². The maximum Gasteiger partial charge on any atom is 0.145 e. The molecule has 0 aliphatic carbocycles. The molecule has 97 valence electrons. The Morgan fingerprint density at radius 1 is 1.11 bits per heavy atom. The van der Waals surface area contributed by atoms with E-state index in [1.54, 1.807) is 12.1 Å². The van der Waals surface area contributed by atoms with Crippen LogP contribution in [0.3, 0.4) is 0 Å². The number of benzene rings is 2. The Morgan fingerprint density at radius 3 is 2.58 bits per heavy atom. The van der Waals surface area contributed by atoms with E-state index in [1.165, 1.54) is 0 Å². The fraction of sp³-hybridized carbons (Fsp3) is 0.0714. The minimum absolute atomic E-state index is 0.112. The second kappa shape index (κ2) is 6.43. The molecule has 0 bridgehead atoms. The molecule has 2 aromatic rings. The van der Waals surface area contributed by atoms with E-state index in [1.807, 2.05) is 12.1 Å². The van der Waals surface area contributed by atoms with Crippen LogP contribution in [0.15, 0.2) is 52.1 Å². The lowest BCUT2D eigenvalue weighted by Gasteiger charge is -2.01. The van der Waals surface area contributed by atoms with Crippen molar-refractivity contribution in [3.05, 3.63) is 69.7 Å². The van der Waals surface area contributed by atoms with Crippen molar-refractivity contribution in [3.63, 3.8) is 0 Å². The molecule has 2 nitrogen and oxygen atoms in total. The van der Waals surface area contributed by atoms with Gasteiger partial charge in [0.15, 0.2) is 0 Å². The number of hydrogen-bond acceptors (Lipinski definition) is 2. The van der Waals surface area contributed by atoms with Crippen LogP contribution in [-0.4, -0.2) is 6.21 Å². The van der Waals surface area contributed by atoms with Crippen molar-refractivity contribution >= 4 is 22.1 Å². The molecule has 0 N–H and O–H groups in total. The zero-order valence-electron chi connectivity index (χ0n) is 9.74. The van der Waals surface area contributed by atoms with Crippen molar-refractivity contribution in [1.82, 2.24) is 0 Å². The van der Waals surface area contributed by atoms with Crippen LogP contribution in [0.5, 0.6) is 0 Å². The molecule has 0 spiro atoms. The molecule has 0 aliphatic heterocycles. The highest BCUT2D eigenvalue weighted by Crippen LogP contribution is 2.11. The Hall–Kier alpha value is -1.75. The first-order valence-electron chi connectivity index (χ1n) is 5.42. The fourth-order valence-electron chi connectivity index (χ4n) is 1.37. The molecule has 0 saturated heterocycles. The van der Waals surface area contributed by atoms with Crippen LogP contribution in [-0.2, 0) is 11.4 Å². The fourth-order valence-corrected chi connectivity index (χ4v) is 1.63. The van der Waals surface area contributed by atoms with Crippen molar-refractivity contribution in [1.29, 1.82) is 0 Å². The average molecular weight is 325 g/mol. The molecule has 19 heavy (non-hydrogen) atoms. The summed E-state index contributed by atoms with van der Waals surface area (Å²) < 4.78 is 27.1. The van der Waals surface area contributed by atoms with Crippen molar-refractivity contribution in [2.75, 3.05) is 0 Å². The Kier molecular flexibility index (Phi) is 4.63. The summed E-state index contributed by atoms with van der Waals surface area (Å²) in [4.78, 5) is 4.89. The van der Waals surface area contributed by atoms with Gasteiger partial charge in [-0.15, -0.1) is 0 Å². The van der Waals surface area contributed by atoms with Crippen LogP contribution >= 0.6 is 15.9 Å². The van der Waals surface area contributed by atoms with Gasteiger partial charge in [0.25, 0.3) is 0 Å². The normalized spacial score (nSPS) is 10.9. The second-order valence-corrected chi connectivity index (χ2v) is 4.63. The van der Waals surface area contributed by atoms with Crippen LogP contribution in [0.1, 0.15) is 11.1 Å². The Balaban J connectivity index is 1.92. The van der Waals surface area contributed by atoms with Crippen LogP contribution in [0, 0.1) is 11.6 Å². The minimum Gasteiger partial charge on any atom is -0.390 e. The first kappa shape index (κ1) is 13.7. The molecule has 0 aliphatic rings. The van der Waals surface area contributed by atoms with Crippen LogP contribution in [0.2, 0.25) is 0 Å². The van der Waals surface area contributed by atoms with E-state index < -0.39 is 11.6 Å². The summed E-state index contributed by atoms with van der Waals surface area (Å²) in [6.45, 7) is -0.146. The van der Waals surface area contributed by atoms with Gasteiger partial charge in [0, 0.05) is 15.6 Å². The largest absolute Gasteiger partial charge is 0.390 e. The molecule has 5 heteroatoms. The summed E-state index contributed by atoms with van der Waals surface area (Å²) in [7, 11) is 0. The molecule has 0 amide bonds. The number of halogens is 3. The topological polar surface area (TPSA) is 21.6 Å². The monoisotopic (exact) mass is 324 g/mol. The number of rotatable bonds is 4. The van der Waals surface area contributed by atoms with Crippen molar-refractivity contribution in [3.8, 4) is 0 Å². The van der Waals surface area contributed by atoms with Crippen LogP contribution < -0.4 is 0 Å². The zero-order valence-corrected chi connectivity index (χ0v) is 11.3. The molecule has 0 saturated carbocycles. The highest BCUT2D eigenvalue weighted by molar-refractivity contribution is 9.10. The van der Waals surface area contributed by atoms with Crippen molar-refractivity contribution in [2.45, 2.75) is 6.61 Å². The number of nitrogens with zero attached hydrogens (tertiary/aromatic N) is 1. The van der Waals surface area contributed by atoms with Gasteiger partial charge < -0.3 is 4.84 Å². The van der Waals surface area contributed by atoms with Crippen LogP contribution in [0.25, 0.3) is 0 Å². The van der Waals surface area contributed by atoms with E-state index in [9.17, 15) is 8.78 Å². The third kappa shape index (κ3) is 4.13. The summed E-state index contributed by atoms with van der Waals surface area (Å²) in [5.41, 5.74) is 0.837. The van der Waals surface area contributed by atoms with E-state index in [0.717, 1.165) is 28.2 Å². The van der Waals surface area contributed by atoms with Gasteiger partial charge in [-0.1, -0.05) is 33.2 Å². The van der Waals surface area contributed by atoms with Gasteiger partial charge in [-0.25, -0.2) is 8.78 Å². The average Bonchev–Trinajstić information content (AvgIpc) is 2.40. The molecule has 0 atom stereocenters. The van der Waals surface area contributed by atoms with E-state index in [2.05, 4.69) is 27.3 Å². The smallest absolute Gasteiger partial charge is 0.145 e. The lowest BCUT2D eigenvalue weighted by Crippen LogP contribution is -1.93. The maximum atomic E-state index is 13.3. The summed E-state index contributed by atoms with van der Waals surface area (Å²) in [5, 5.41) is 3.58. The lowest BCUT2D eigenvalue weighted by molar-refractivity contribution is 0.129. The van der Waals surface area contributed by atoms with E-state index in [4.69, 9.17) is 4.84 Å². The van der Waals surface area contributed by atoms with Crippen LogP contribution in [0.4, 0.5) is 8.78 Å². The van der Waals surface area contributed by atoms with Gasteiger partial charge in [-0.05, 0) is 30.3 Å². The predicted molar refractivity (Wildman–Crippen MR) is 71.8 cm³/mol. The summed E-state index contributed by atoms with van der Waals surface area (Å²) >= 11 is 3.31. The molecular weight excluding hydrogens is 316 g/mol. The first-order chi connectivity index (χ1) is 9.15. The third-order valence-corrected chi connectivity index (χ3v) is 2.84. The summed E-state index contributed by atoms with van der Waals surface area (Å²) in [5.74, 6) is -1.04. The molecular formula is C14H9BrF2NO. The Labute approximate surface area is 117 Å². The number of hydrogen-bond donors (Lipinski definition) is 0. The standard InChI is InChI=1S/C14H9BrF2NO/c15-12-3-1-10(2-4-12)8-18-19-9-11-7-13(16)5-6-14(11)17/h1-7H,9H2. The molecule has 0 heterocycles. The molecule has 0 aromatic heterocycles. The maximum absolute atomic E-state index is 13.3. The van der Waals surface area contributed by atoms with Gasteiger partial charge in [-0.3, -0.25) is 0 Å². The molecule has 0 fully saturated rings. The zero-order chi connectivity index (χ0) is 13.7. The SMILES string of the molecule is Fc1ccc(F)c(CO/N=[C]\c2ccc(Br)cc2)c1. The molecule has 2 rings (SSSR count). The van der Waals surface area contributed by atoms with E-state index in [0.29, 0.717) is 0 Å². The quantitative estimate of drug-likeness (QED) is 0.611. The second-order valence-electron chi connectivity index (χ2n) is 3.72. The van der Waals surface area contributed by atoms with Gasteiger partial charge in [0.1, 0.15) is 24.5 Å². The van der Waals surface area contributed by atoms with Gasteiger partial charge in [-0.2, -0.15) is 0 Å². The highest BCUT2D eigenvalue weighted by atomic mass is 79.9. The predicted octanol–water partition coefficient (Wildman–Crippen LogP) is 4.16. The molecule has 1 radical (unpaired) electrons. The van der Waals surface area contributed by atoms with Gasteiger partial charge in [0.05, 0.1) is 0 Å². The Morgan fingerprint density at radius 2 is 1.84 bits per heavy atom. The summed E-state index contributed by atoms with van der Waals surface area (Å²) in [6.07, 6.45) is 2.64. The molecule has 0 unspecified atom stereocenters. The highest BCUT2D eigenvalue weighted by Gasteiger charge is 2.03. The van der Waals surface area contributed by atoms with Crippen molar-refractivity contribution in [2.24, 2.45) is 5.16 Å². The third-order valence-electron chi connectivity index (χ3n) is 2.31. The Bertz CT molecular complexity index is 584. The minimum atomic E-state index is -0.528. The van der Waals surface area contributed by atoms with E-state index in [-0.39, 0.29) is 12.2 Å². The summed E-state index contributed by atoms with van der Waals surface area (Å²) in [6, 6.07) is 10.4. The van der Waals surface area contributed by atoms with E-state index >= 15 is 0 Å². The first-order valence-corrected chi connectivity index (χ1v) is 6.22. The van der Waals surface area contributed by atoms with Gasteiger partial charge in [0.2, 0.25) is 0 Å². The molecule has 2 aromatic carbocycles. The van der Waals surface area contributed by atoms with Gasteiger partial charge >= 0.3 is 0 Å².